The van der Waals surface area contributed by atoms with Crippen LogP contribution in [0.25, 0.3) is 0 Å². The van der Waals surface area contributed by atoms with Crippen molar-refractivity contribution in [2.24, 2.45) is 0 Å². The summed E-state index contributed by atoms with van der Waals surface area (Å²) in [5, 5.41) is 13.4. The molecular weight excluding hydrogens is 402 g/mol. The van der Waals surface area contributed by atoms with Crippen molar-refractivity contribution in [3.63, 3.8) is 0 Å². The normalized spacial score (nSPS) is 18.0. The van der Waals surface area contributed by atoms with Gasteiger partial charge in [-0.1, -0.05) is 19.1 Å². The molecule has 2 atom stereocenters. The first-order valence-electron chi connectivity index (χ1n) is 8.43. The van der Waals surface area contributed by atoms with Crippen molar-refractivity contribution in [3.8, 4) is 6.07 Å². The van der Waals surface area contributed by atoms with Gasteiger partial charge in [0.15, 0.2) is 9.84 Å². The van der Waals surface area contributed by atoms with Gasteiger partial charge < -0.3 is 5.32 Å². The SMILES string of the molecule is CCS(=O)(=O)C[C@H](N[C@@H](c1ccc(F)cc1)C(F)(F)F)C(=O)NC1(C#N)CC1. The van der Waals surface area contributed by atoms with Crippen molar-refractivity contribution < 1.29 is 30.8 Å². The lowest BCUT2D eigenvalue weighted by molar-refractivity contribution is -0.160. The first kappa shape index (κ1) is 22.1. The third-order valence-corrected chi connectivity index (χ3v) is 6.12. The number of alkyl halides is 3. The molecule has 6 nitrogen and oxygen atoms in total. The summed E-state index contributed by atoms with van der Waals surface area (Å²) >= 11 is 0. The maximum atomic E-state index is 13.6. The Morgan fingerprint density at radius 1 is 1.29 bits per heavy atom. The molecule has 0 heterocycles. The summed E-state index contributed by atoms with van der Waals surface area (Å²) in [5.41, 5.74) is -1.54. The fraction of sp³-hybridized carbons (Fsp3) is 0.529. The van der Waals surface area contributed by atoms with Gasteiger partial charge in [0, 0.05) is 5.75 Å². The van der Waals surface area contributed by atoms with E-state index >= 15 is 0 Å². The second kappa shape index (κ2) is 8.05. The van der Waals surface area contributed by atoms with E-state index in [9.17, 15) is 30.8 Å². The molecule has 0 aromatic heterocycles. The van der Waals surface area contributed by atoms with Gasteiger partial charge in [0.1, 0.15) is 23.4 Å². The molecule has 2 rings (SSSR count). The van der Waals surface area contributed by atoms with Crippen molar-refractivity contribution in [2.75, 3.05) is 11.5 Å². The van der Waals surface area contributed by atoms with Crippen LogP contribution in [0.5, 0.6) is 0 Å². The average molecular weight is 421 g/mol. The molecule has 11 heteroatoms. The number of sulfone groups is 1. The molecule has 1 fully saturated rings. The summed E-state index contributed by atoms with van der Waals surface area (Å²) in [4.78, 5) is 12.5. The van der Waals surface area contributed by atoms with E-state index in [1.165, 1.54) is 6.92 Å². The van der Waals surface area contributed by atoms with Crippen molar-refractivity contribution in [3.05, 3.63) is 35.6 Å². The smallest absolute Gasteiger partial charge is 0.336 e. The molecule has 0 unspecified atom stereocenters. The monoisotopic (exact) mass is 421 g/mol. The molecular formula is C17H19F4N3O3S. The maximum absolute atomic E-state index is 13.6. The van der Waals surface area contributed by atoms with Crippen molar-refractivity contribution in [2.45, 2.75) is 43.6 Å². The molecule has 0 spiro atoms. The summed E-state index contributed by atoms with van der Waals surface area (Å²) in [6, 6.07) is 1.21. The van der Waals surface area contributed by atoms with Gasteiger partial charge >= 0.3 is 6.18 Å². The Labute approximate surface area is 159 Å². The fourth-order valence-corrected chi connectivity index (χ4v) is 3.51. The van der Waals surface area contributed by atoms with Gasteiger partial charge in [-0.3, -0.25) is 10.1 Å². The highest BCUT2D eigenvalue weighted by molar-refractivity contribution is 7.91. The lowest BCUT2D eigenvalue weighted by Gasteiger charge is -2.28. The predicted octanol–water partition coefficient (Wildman–Crippen LogP) is 1.99. The molecule has 1 aromatic rings. The Hall–Kier alpha value is -2.19. The molecule has 0 aliphatic heterocycles. The number of nitriles is 1. The summed E-state index contributed by atoms with van der Waals surface area (Å²) < 4.78 is 77.7. The zero-order chi connectivity index (χ0) is 21.2. The Balaban J connectivity index is 2.32. The molecule has 28 heavy (non-hydrogen) atoms. The third kappa shape index (κ3) is 5.65. The summed E-state index contributed by atoms with van der Waals surface area (Å²) in [6.45, 7) is 1.31. The van der Waals surface area contributed by atoms with Gasteiger partial charge in [0.05, 0.1) is 11.8 Å². The van der Waals surface area contributed by atoms with Crippen LogP contribution in [0.15, 0.2) is 24.3 Å². The average Bonchev–Trinajstić information content (AvgIpc) is 3.38. The zero-order valence-electron chi connectivity index (χ0n) is 14.9. The largest absolute Gasteiger partial charge is 0.407 e. The van der Waals surface area contributed by atoms with E-state index in [0.29, 0.717) is 12.8 Å². The lowest BCUT2D eigenvalue weighted by Crippen LogP contribution is -2.54. The van der Waals surface area contributed by atoms with Gasteiger partial charge in [0.25, 0.3) is 0 Å². The minimum absolute atomic E-state index is 0.336. The number of nitrogens with one attached hydrogen (secondary N) is 2. The van der Waals surface area contributed by atoms with Crippen LogP contribution in [0.4, 0.5) is 17.6 Å². The van der Waals surface area contributed by atoms with Crippen LogP contribution < -0.4 is 10.6 Å². The molecule has 154 valence electrons. The summed E-state index contributed by atoms with van der Waals surface area (Å²) in [5.74, 6) is -2.98. The van der Waals surface area contributed by atoms with Crippen LogP contribution in [0.1, 0.15) is 31.4 Å². The number of hydrogen-bond acceptors (Lipinski definition) is 5. The van der Waals surface area contributed by atoms with E-state index in [0.717, 1.165) is 24.3 Å². The van der Waals surface area contributed by atoms with Gasteiger partial charge in [0.2, 0.25) is 5.91 Å². The van der Waals surface area contributed by atoms with Crippen molar-refractivity contribution in [1.82, 2.24) is 10.6 Å². The minimum Gasteiger partial charge on any atom is -0.336 e. The second-order valence-corrected chi connectivity index (χ2v) is 9.03. The van der Waals surface area contributed by atoms with Crippen molar-refractivity contribution in [1.29, 1.82) is 5.26 Å². The first-order chi connectivity index (χ1) is 12.9. The molecule has 1 saturated carbocycles. The summed E-state index contributed by atoms with van der Waals surface area (Å²) in [6.07, 6.45) is -4.20. The molecule has 2 N–H and O–H groups in total. The molecule has 0 bridgehead atoms. The second-order valence-electron chi connectivity index (χ2n) is 6.63. The quantitative estimate of drug-likeness (QED) is 0.626. The van der Waals surface area contributed by atoms with Crippen LogP contribution in [-0.2, 0) is 14.6 Å². The third-order valence-electron chi connectivity index (χ3n) is 4.40. The van der Waals surface area contributed by atoms with Crippen LogP contribution in [0.2, 0.25) is 0 Å². The van der Waals surface area contributed by atoms with E-state index in [-0.39, 0.29) is 11.3 Å². The standard InChI is InChI=1S/C17H19F4N3O3S/c1-2-28(26,27)9-13(15(25)24-16(10-22)7-8-16)23-14(17(19,20)21)11-3-5-12(18)6-4-11/h3-6,13-14,23H,2,7-9H2,1H3,(H,24,25)/t13-,14-/m0/s1. The fourth-order valence-electron chi connectivity index (χ4n) is 2.52. The molecule has 1 aliphatic carbocycles. The predicted molar refractivity (Wildman–Crippen MR) is 92.2 cm³/mol. The number of carbonyl (C=O) groups is 1. The number of carbonyl (C=O) groups excluding carboxylic acids is 1. The minimum atomic E-state index is -4.88. The van der Waals surface area contributed by atoms with Gasteiger partial charge in [-0.15, -0.1) is 0 Å². The Morgan fingerprint density at radius 2 is 1.86 bits per heavy atom. The Bertz CT molecular complexity index is 859. The number of amides is 1. The molecule has 1 aromatic carbocycles. The highest BCUT2D eigenvalue weighted by Gasteiger charge is 2.48. The highest BCUT2D eigenvalue weighted by atomic mass is 32.2. The van der Waals surface area contributed by atoms with Gasteiger partial charge in [-0.2, -0.15) is 18.4 Å². The number of nitrogens with zero attached hydrogens (tertiary/aromatic N) is 1. The van der Waals surface area contributed by atoms with Crippen LogP contribution in [0.3, 0.4) is 0 Å². The molecule has 1 amide bonds. The Morgan fingerprint density at radius 3 is 2.29 bits per heavy atom. The topological polar surface area (TPSA) is 99.1 Å². The number of hydrogen-bond donors (Lipinski definition) is 2. The molecule has 0 saturated heterocycles. The van der Waals surface area contributed by atoms with Crippen molar-refractivity contribution >= 4 is 15.7 Å². The number of rotatable bonds is 8. The highest BCUT2D eigenvalue weighted by Crippen LogP contribution is 2.35. The first-order valence-corrected chi connectivity index (χ1v) is 10.3. The molecule has 1 aliphatic rings. The van der Waals surface area contributed by atoms with Gasteiger partial charge in [-0.25, -0.2) is 12.8 Å². The lowest BCUT2D eigenvalue weighted by atomic mass is 10.0. The maximum Gasteiger partial charge on any atom is 0.407 e. The summed E-state index contributed by atoms with van der Waals surface area (Å²) in [7, 11) is -3.82. The molecule has 0 radical (unpaired) electrons. The van der Waals surface area contributed by atoms with Crippen LogP contribution >= 0.6 is 0 Å². The van der Waals surface area contributed by atoms with E-state index in [1.807, 2.05) is 11.4 Å². The number of benzene rings is 1. The van der Waals surface area contributed by atoms with E-state index in [2.05, 4.69) is 5.32 Å². The zero-order valence-corrected chi connectivity index (χ0v) is 15.7. The number of halogens is 4. The van der Waals surface area contributed by atoms with E-state index in [4.69, 9.17) is 5.26 Å². The van der Waals surface area contributed by atoms with Crippen LogP contribution in [-0.4, -0.2) is 43.6 Å². The van der Waals surface area contributed by atoms with Gasteiger partial charge in [-0.05, 0) is 30.5 Å². The van der Waals surface area contributed by atoms with E-state index in [1.54, 1.807) is 0 Å². The van der Waals surface area contributed by atoms with Crippen LogP contribution in [0, 0.1) is 17.1 Å². The Kier molecular flexibility index (Phi) is 6.35. The van der Waals surface area contributed by atoms with E-state index < -0.39 is 51.1 Å².